The molecule has 12 aliphatic carbocycles. The van der Waals surface area contributed by atoms with Crippen LogP contribution in [0, 0.1) is 87.3 Å². The average Bonchev–Trinajstić information content (AvgIpc) is 3.47. The van der Waals surface area contributed by atoms with E-state index in [-0.39, 0.29) is 88.5 Å². The minimum Gasteiger partial charge on any atom is -0.491 e. The molecule has 3 spiro atoms. The Morgan fingerprint density at radius 1 is 0.457 bits per heavy atom. The Hall–Kier alpha value is -3.48. The molecule has 0 aromatic carbocycles. The molecule has 18 atom stereocenters. The van der Waals surface area contributed by atoms with Crippen LogP contribution in [0.4, 0.5) is 0 Å². The van der Waals surface area contributed by atoms with Crippen LogP contribution in [0.15, 0.2) is 34.0 Å². The summed E-state index contributed by atoms with van der Waals surface area (Å²) >= 11 is 0. The van der Waals surface area contributed by atoms with Crippen LogP contribution >= 0.6 is 0 Å². The van der Waals surface area contributed by atoms with Crippen molar-refractivity contribution < 1.29 is 57.2 Å². The van der Waals surface area contributed by atoms with Crippen LogP contribution in [-0.2, 0) is 57.2 Å². The second-order valence-corrected chi connectivity index (χ2v) is 30.4. The Kier molecular flexibility index (Phi) is 15.2. The molecule has 15 aliphatic rings. The molecule has 0 aromatic rings. The lowest BCUT2D eigenvalue weighted by molar-refractivity contribution is -0.225. The van der Waals surface area contributed by atoms with Crippen molar-refractivity contribution in [1.29, 1.82) is 0 Å². The lowest BCUT2D eigenvalue weighted by Crippen LogP contribution is -2.63. The lowest BCUT2D eigenvalue weighted by atomic mass is 9.42. The number of fused-ring (bicyclic) bond motifs is 3. The van der Waals surface area contributed by atoms with Gasteiger partial charge in [-0.15, -0.1) is 0 Å². The smallest absolute Gasteiger partial charge is 0.202 e. The maximum absolute atomic E-state index is 13.4. The Bertz CT molecular complexity index is 2440. The number of carbonyl (C=O) groups excluding carboxylic acids is 6. The highest BCUT2D eigenvalue weighted by Crippen LogP contribution is 2.71. The van der Waals surface area contributed by atoms with Gasteiger partial charge >= 0.3 is 0 Å². The van der Waals surface area contributed by atoms with Crippen molar-refractivity contribution in [2.24, 2.45) is 87.3 Å². The van der Waals surface area contributed by atoms with Gasteiger partial charge in [0.05, 0.1) is 0 Å². The molecule has 9 fully saturated rings. The van der Waals surface area contributed by atoms with E-state index in [4.69, 9.17) is 28.4 Å². The third kappa shape index (κ3) is 8.43. The third-order valence-electron chi connectivity index (χ3n) is 26.6. The van der Waals surface area contributed by atoms with Crippen LogP contribution in [0.2, 0.25) is 0 Å². The van der Waals surface area contributed by atoms with Gasteiger partial charge in [-0.25, -0.2) is 0 Å². The van der Waals surface area contributed by atoms with Gasteiger partial charge in [-0.1, -0.05) is 102 Å². The van der Waals surface area contributed by atoms with Crippen molar-refractivity contribution in [1.82, 2.24) is 0 Å². The summed E-state index contributed by atoms with van der Waals surface area (Å²) in [7, 11) is 4.43. The number of carbonyl (C=O) groups is 6. The summed E-state index contributed by atoms with van der Waals surface area (Å²) in [5.74, 6) is 6.88. The predicted molar refractivity (Wildman–Crippen MR) is 309 cm³/mol. The second-order valence-electron chi connectivity index (χ2n) is 30.4. The first-order chi connectivity index (χ1) is 37.9. The molecule has 0 aromatic heterocycles. The molecule has 0 unspecified atom stereocenters. The number of ether oxygens (including phenoxy) is 6. The maximum Gasteiger partial charge on any atom is 0.202 e. The second kappa shape index (κ2) is 20.3. The van der Waals surface area contributed by atoms with Crippen LogP contribution in [0.1, 0.15) is 219 Å². The van der Waals surface area contributed by atoms with E-state index in [0.717, 1.165) is 110 Å². The standard InChI is InChI=1S/3C23H34O4/c3*1-7-13(2)16-11-22(9-8-15-10-18(22)21(15,4)5)27-17-12-23(26-6,14(3)24)20(25)19(16)17/h3*13,15-16,18H,7-12H2,1-6H3/t3*13-,15-,16+,18+,22+,23+/m111/s1. The zero-order chi connectivity index (χ0) is 59.3. The summed E-state index contributed by atoms with van der Waals surface area (Å²) < 4.78 is 36.9. The molecular weight excluding hydrogens is 1020 g/mol. The molecule has 0 saturated heterocycles. The largest absolute Gasteiger partial charge is 0.491 e. The summed E-state index contributed by atoms with van der Waals surface area (Å²) in [5.41, 5.74) is -1.45. The van der Waals surface area contributed by atoms with Crippen molar-refractivity contribution in [3.05, 3.63) is 34.0 Å². The normalized spacial score (nSPS) is 43.2. The molecule has 3 heterocycles. The summed E-state index contributed by atoms with van der Waals surface area (Å²) in [4.78, 5) is 77.4. The average molecular weight is 1120 g/mol. The van der Waals surface area contributed by atoms with Crippen molar-refractivity contribution in [3.8, 4) is 0 Å². The highest BCUT2D eigenvalue weighted by molar-refractivity contribution is 6.21. The molecule has 450 valence electrons. The molecule has 15 rings (SSSR count). The van der Waals surface area contributed by atoms with E-state index in [1.54, 1.807) is 0 Å². The minimum atomic E-state index is -1.37. The highest BCUT2D eigenvalue weighted by atomic mass is 16.5. The van der Waals surface area contributed by atoms with E-state index in [9.17, 15) is 28.8 Å². The summed E-state index contributed by atoms with van der Waals surface area (Å²) in [6, 6.07) is 0. The maximum atomic E-state index is 13.4. The van der Waals surface area contributed by atoms with E-state index < -0.39 is 16.8 Å². The summed E-state index contributed by atoms with van der Waals surface area (Å²) in [5, 5.41) is 0. The van der Waals surface area contributed by atoms with Crippen LogP contribution in [0.5, 0.6) is 0 Å². The fourth-order valence-electron chi connectivity index (χ4n) is 20.1. The Morgan fingerprint density at radius 2 is 0.691 bits per heavy atom. The van der Waals surface area contributed by atoms with Crippen LogP contribution in [-0.4, -0.2) is 89.6 Å². The van der Waals surface area contributed by atoms with Crippen molar-refractivity contribution in [3.63, 3.8) is 0 Å². The zero-order valence-electron chi connectivity index (χ0n) is 53.1. The van der Waals surface area contributed by atoms with Crippen LogP contribution in [0.25, 0.3) is 0 Å². The van der Waals surface area contributed by atoms with Crippen molar-refractivity contribution in [2.45, 2.75) is 253 Å². The fraction of sp³-hybridized carbons (Fsp3) is 0.826. The topological polar surface area (TPSA) is 158 Å². The molecule has 0 amide bonds. The van der Waals surface area contributed by atoms with Gasteiger partial charge in [0.1, 0.15) is 34.1 Å². The number of methoxy groups -OCH3 is 3. The van der Waals surface area contributed by atoms with Crippen molar-refractivity contribution in [2.75, 3.05) is 21.3 Å². The predicted octanol–water partition coefficient (Wildman–Crippen LogP) is 13.4. The molecule has 0 radical (unpaired) electrons. The number of Topliss-reactive ketones (excluding diaryl/α,β-unsaturated/α-hetero) is 6. The molecule has 12 nitrogen and oxygen atoms in total. The van der Waals surface area contributed by atoms with Crippen molar-refractivity contribution >= 4 is 34.7 Å². The first-order valence-corrected chi connectivity index (χ1v) is 32.0. The van der Waals surface area contributed by atoms with Gasteiger partial charge in [-0.3, -0.25) is 28.8 Å². The quantitative estimate of drug-likeness (QED) is 0.171. The van der Waals surface area contributed by atoms with Gasteiger partial charge in [-0.05, 0) is 167 Å². The SMILES string of the molecule is CC[C@@H](C)[C@@H]1C[C@]2(CC[C@@H]3C[C@H]2C3(C)C)OC2=C1C(=O)[C@@](OC)(C(C)=O)C2.CC[C@@H](C)[C@@H]1C[C@]2(CC[C@@H]3C[C@H]2C3(C)C)OC2=C1C(=O)[C@@](OC)(C(C)=O)C2.CC[C@@H](C)[C@@H]1C[C@]2(CC[C@@H]3C[C@H]2C3(C)C)OC2=C1C(=O)[C@@](OC)(C(C)=O)C2. The molecule has 9 saturated carbocycles. The van der Waals surface area contributed by atoms with Gasteiger partial charge in [0.15, 0.2) is 34.2 Å². The minimum absolute atomic E-state index is 0.144. The van der Waals surface area contributed by atoms with E-state index in [1.165, 1.54) is 80.6 Å². The van der Waals surface area contributed by atoms with Gasteiger partial charge in [0.2, 0.25) is 17.3 Å². The number of ketones is 6. The Morgan fingerprint density at radius 3 is 0.864 bits per heavy atom. The Balaban J connectivity index is 0.000000136. The van der Waals surface area contributed by atoms with Gasteiger partial charge in [0, 0.05) is 75.1 Å². The molecule has 12 heteroatoms. The van der Waals surface area contributed by atoms with E-state index >= 15 is 0 Å². The molecule has 0 N–H and O–H groups in total. The lowest BCUT2D eigenvalue weighted by Gasteiger charge is -2.66. The van der Waals surface area contributed by atoms with Crippen LogP contribution < -0.4 is 0 Å². The van der Waals surface area contributed by atoms with E-state index in [1.807, 2.05) is 0 Å². The molecule has 81 heavy (non-hydrogen) atoms. The van der Waals surface area contributed by atoms with E-state index in [2.05, 4.69) is 83.1 Å². The van der Waals surface area contributed by atoms with Crippen LogP contribution in [0.3, 0.4) is 0 Å². The van der Waals surface area contributed by atoms with E-state index in [0.29, 0.717) is 51.8 Å². The molecular formula is C69H102O12. The first kappa shape index (κ1) is 60.6. The van der Waals surface area contributed by atoms with Gasteiger partial charge in [0.25, 0.3) is 0 Å². The first-order valence-electron chi connectivity index (χ1n) is 32.0. The fourth-order valence-corrected chi connectivity index (χ4v) is 20.1. The number of hydrogen-bond donors (Lipinski definition) is 0. The summed E-state index contributed by atoms with van der Waals surface area (Å²) in [6.45, 7) is 32.0. The Labute approximate surface area is 485 Å². The molecule has 3 aliphatic heterocycles. The van der Waals surface area contributed by atoms with Gasteiger partial charge < -0.3 is 28.4 Å². The number of rotatable bonds is 12. The number of hydrogen-bond acceptors (Lipinski definition) is 12. The van der Waals surface area contributed by atoms with Gasteiger partial charge in [-0.2, -0.15) is 0 Å². The summed E-state index contributed by atoms with van der Waals surface area (Å²) in [6.07, 6.45) is 17.1. The monoisotopic (exact) mass is 1120 g/mol. The molecule has 6 bridgehead atoms. The zero-order valence-corrected chi connectivity index (χ0v) is 53.1. The third-order valence-corrected chi connectivity index (χ3v) is 26.6. The highest BCUT2D eigenvalue weighted by Gasteiger charge is 2.70.